The molecule has 7 nitrogen and oxygen atoms in total. The maximum atomic E-state index is 9.81. The quantitative estimate of drug-likeness (QED) is 0.180. The van der Waals surface area contributed by atoms with Crippen molar-refractivity contribution in [3.8, 4) is 11.8 Å². The predicted molar refractivity (Wildman–Crippen MR) is 95.5 cm³/mol. The predicted octanol–water partition coefficient (Wildman–Crippen LogP) is 1.04. The summed E-state index contributed by atoms with van der Waals surface area (Å²) in [7, 11) is 0. The zero-order chi connectivity index (χ0) is 19.1. The zero-order valence-corrected chi connectivity index (χ0v) is 14.4. The first-order chi connectivity index (χ1) is 11.6. The van der Waals surface area contributed by atoms with E-state index in [9.17, 15) is 9.59 Å². The summed E-state index contributed by atoms with van der Waals surface area (Å²) in [6.07, 6.45) is 2.80. The SMILES string of the molecule is O=C=Nc1ccc(N=C=O)cc1.OCC#CCO.[2H]B=O.[2H]PI. The van der Waals surface area contributed by atoms with Crippen molar-refractivity contribution in [2.24, 2.45) is 9.98 Å². The summed E-state index contributed by atoms with van der Waals surface area (Å²) in [5, 5.41) is 15.8. The number of isocyanates is 2. The van der Waals surface area contributed by atoms with Crippen LogP contribution in [0.4, 0.5) is 11.4 Å². The van der Waals surface area contributed by atoms with Gasteiger partial charge in [0.15, 0.2) is 0 Å². The fourth-order valence-corrected chi connectivity index (χ4v) is 0.819. The van der Waals surface area contributed by atoms with Crippen LogP contribution < -0.4 is 0 Å². The number of aliphatic imine (C=N–C) groups is 2. The number of nitrogens with zero attached hydrogens (tertiary/aromatic N) is 2. The summed E-state index contributed by atoms with van der Waals surface area (Å²) >= 11 is 1.98. The molecule has 0 heterocycles. The first-order valence-corrected chi connectivity index (χ1v) is 8.75. The van der Waals surface area contributed by atoms with Gasteiger partial charge in [-0.25, -0.2) is 9.59 Å². The van der Waals surface area contributed by atoms with Gasteiger partial charge in [-0.3, -0.25) is 0 Å². The van der Waals surface area contributed by atoms with Gasteiger partial charge < -0.3 is 10.2 Å². The molecule has 0 fully saturated rings. The fourth-order valence-electron chi connectivity index (χ4n) is 0.819. The number of rotatable bonds is 2. The van der Waals surface area contributed by atoms with E-state index < -0.39 is 0 Å². The van der Waals surface area contributed by atoms with Crippen molar-refractivity contribution in [2.75, 3.05) is 13.2 Å². The second kappa shape index (κ2) is 24.5. The summed E-state index contributed by atoms with van der Waals surface area (Å²) in [5.74, 6) is 4.51. The minimum atomic E-state index is -0.166. The molecular formula is C12H13BIN2O5P. The maximum absolute atomic E-state index is 9.81. The van der Waals surface area contributed by atoms with Gasteiger partial charge in [0.1, 0.15) is 13.2 Å². The summed E-state index contributed by atoms with van der Waals surface area (Å²) in [6, 6.07) is 6.23. The molecule has 1 atom stereocenters. The smallest absolute Gasteiger partial charge is 0.0656 e. The minimum Gasteiger partial charge on any atom is -0.0702 e. The van der Waals surface area contributed by atoms with Gasteiger partial charge in [0.05, 0.1) is 12.7 Å². The number of halogens is 1. The average Bonchev–Trinajstić information content (AvgIpc) is 2.57. The van der Waals surface area contributed by atoms with Crippen LogP contribution in [0.5, 0.6) is 0 Å². The van der Waals surface area contributed by atoms with Crippen LogP contribution in [-0.2, 0) is 14.3 Å². The van der Waals surface area contributed by atoms with Crippen LogP contribution in [0.3, 0.4) is 0 Å². The van der Waals surface area contributed by atoms with Crippen LogP contribution >= 0.6 is 28.9 Å². The van der Waals surface area contributed by atoms with Gasteiger partial charge in [-0.1, -0.05) is 40.7 Å². The van der Waals surface area contributed by atoms with E-state index >= 15 is 0 Å². The van der Waals surface area contributed by atoms with Crippen LogP contribution in [0, 0.1) is 11.8 Å². The molecule has 0 amide bonds. The second-order valence-corrected chi connectivity index (χ2v) is 2.59. The van der Waals surface area contributed by atoms with Crippen LogP contribution in [0.2, 0.25) is 0 Å². The molecule has 22 heavy (non-hydrogen) atoms. The van der Waals surface area contributed by atoms with Gasteiger partial charge in [-0.15, -0.1) is 0 Å². The molecule has 0 aliphatic rings. The number of benzene rings is 1. The molecule has 0 aliphatic carbocycles. The van der Waals surface area contributed by atoms with Crippen LogP contribution in [0.25, 0.3) is 0 Å². The molecule has 0 radical (unpaired) electrons. The fraction of sp³-hybridized carbons (Fsp3) is 0.167. The van der Waals surface area contributed by atoms with E-state index in [0.717, 1.165) is 0 Å². The molecule has 0 aromatic heterocycles. The molecule has 0 aliphatic heterocycles. The van der Waals surface area contributed by atoms with E-state index in [0.29, 0.717) is 18.2 Å². The molecule has 1 unspecified atom stereocenters. The van der Waals surface area contributed by atoms with Gasteiger partial charge in [0, 0.05) is 0 Å². The van der Waals surface area contributed by atoms with Crippen molar-refractivity contribution in [3.05, 3.63) is 24.3 Å². The Labute approximate surface area is 146 Å². The van der Waals surface area contributed by atoms with Crippen LogP contribution in [0.15, 0.2) is 34.3 Å². The van der Waals surface area contributed by atoms with Gasteiger partial charge in [-0.2, -0.15) is 9.98 Å². The van der Waals surface area contributed by atoms with Crippen molar-refractivity contribution in [1.29, 1.82) is 2.61 Å². The molecule has 10 heteroatoms. The van der Waals surface area contributed by atoms with Gasteiger partial charge in [-0.05, 0) is 24.3 Å². The van der Waals surface area contributed by atoms with E-state index in [1.54, 1.807) is 24.3 Å². The van der Waals surface area contributed by atoms with E-state index in [1.807, 2.05) is 22.0 Å². The molecule has 0 saturated carbocycles. The molecule has 1 aromatic carbocycles. The Bertz CT molecular complexity index is 540. The Balaban J connectivity index is -0.000000308. The molecule has 1 rings (SSSR count). The summed E-state index contributed by atoms with van der Waals surface area (Å²) < 4.78 is 20.2. The number of hydrogen-bond donors (Lipinski definition) is 2. The van der Waals surface area contributed by atoms with Gasteiger partial charge in [0.25, 0.3) is 0 Å². The molecule has 1 aromatic rings. The standard InChI is InChI=1S/C8H4N2O2.C4H6O2.BHO.H2IP/c11-5-9-7-1-2-8(4-3-7)10-6-12;5-3-1-2-4-6;2*1-2/h1-4H;5-6H,3-4H2;1H;2H2/i;;1D;2D. The Morgan fingerprint density at radius 3 is 1.59 bits per heavy atom. The molecule has 0 bridgehead atoms. The van der Waals surface area contributed by atoms with Crippen LogP contribution in [0.1, 0.15) is 0 Å². The Morgan fingerprint density at radius 2 is 1.41 bits per heavy atom. The van der Waals surface area contributed by atoms with Crippen molar-refractivity contribution in [2.45, 2.75) is 0 Å². The van der Waals surface area contributed by atoms with Crippen LogP contribution in [-0.4, -0.2) is 45.9 Å². The summed E-state index contributed by atoms with van der Waals surface area (Å²) in [4.78, 5) is 26.3. The zero-order valence-electron chi connectivity index (χ0n) is 13.2. The Morgan fingerprint density at radius 1 is 1.14 bits per heavy atom. The molecule has 0 spiro atoms. The number of carbonyl (C=O) groups excluding carboxylic acids is 2. The van der Waals surface area contributed by atoms with Crippen molar-refractivity contribution in [3.63, 3.8) is 0 Å². The van der Waals surface area contributed by atoms with Crippen molar-refractivity contribution < 1.29 is 24.5 Å². The molecule has 0 saturated heterocycles. The number of hydrogen-bond acceptors (Lipinski definition) is 7. The summed E-state index contributed by atoms with van der Waals surface area (Å²) in [6.45, 7) is -0.0289. The number of aliphatic hydroxyl groups is 2. The average molecular weight is 436 g/mol. The minimum absolute atomic E-state index is 0. The van der Waals surface area contributed by atoms with Crippen molar-refractivity contribution >= 4 is 60.1 Å². The number of aliphatic hydroxyl groups excluding tert-OH is 2. The second-order valence-electron chi connectivity index (χ2n) is 2.59. The van der Waals surface area contributed by atoms with Crippen molar-refractivity contribution in [1.82, 2.24) is 0 Å². The monoisotopic (exact) mass is 436 g/mol. The third kappa shape index (κ3) is 18.5. The van der Waals surface area contributed by atoms with E-state index in [1.165, 1.54) is 12.2 Å². The normalized spacial score (nSPS) is 7.95. The molecular weight excluding hydrogens is 421 g/mol. The first kappa shape index (κ1) is 20.5. The van der Waals surface area contributed by atoms with Gasteiger partial charge >= 0.3 is 13.7 Å². The first-order valence-electron chi connectivity index (χ1n) is 6.22. The van der Waals surface area contributed by atoms with E-state index in [2.05, 4.69) is 21.8 Å². The third-order valence-corrected chi connectivity index (χ3v) is 1.48. The van der Waals surface area contributed by atoms with Gasteiger partial charge in [0.2, 0.25) is 12.2 Å². The van der Waals surface area contributed by atoms with E-state index in [-0.39, 0.29) is 20.9 Å². The molecule has 2 N–H and O–H groups in total. The summed E-state index contributed by atoms with van der Waals surface area (Å²) in [5.41, 5.74) is 0.963. The topological polar surface area (TPSA) is 116 Å². The maximum Gasteiger partial charge on any atom is 0.0656 e. The van der Waals surface area contributed by atoms with E-state index in [4.69, 9.17) is 17.5 Å². The molecule has 116 valence electrons. The third-order valence-electron chi connectivity index (χ3n) is 1.48. The largest absolute Gasteiger partial charge is 0.0702 e. The Kier molecular flexibility index (Phi) is 22.8. The Hall–Kier alpha value is -1.52.